The molecule has 1 saturated heterocycles. The van der Waals surface area contributed by atoms with Crippen molar-refractivity contribution in [1.29, 1.82) is 0 Å². The Morgan fingerprint density at radius 3 is 2.55 bits per heavy atom. The molecule has 10 heteroatoms. The number of carbonyl (C=O) groups excluding carboxylic acids is 2. The summed E-state index contributed by atoms with van der Waals surface area (Å²) in [6.45, 7) is 5.65. The highest BCUT2D eigenvalue weighted by Crippen LogP contribution is 2.36. The van der Waals surface area contributed by atoms with E-state index in [4.69, 9.17) is 16.3 Å². The van der Waals surface area contributed by atoms with E-state index >= 15 is 0 Å². The van der Waals surface area contributed by atoms with Crippen LogP contribution in [0.2, 0.25) is 5.02 Å². The van der Waals surface area contributed by atoms with Gasteiger partial charge in [0.1, 0.15) is 5.75 Å². The first-order valence-corrected chi connectivity index (χ1v) is 12.6. The standard InChI is InChI=1S/C23H26ClN3O5S/c1-13-4-5-17(24)11-18(13)25-23(29)16-6-8-27(9-7-16)33(30,31)21-12-20-19(10-14(21)2)26-22(28)15(3)32-20/h4-5,10-12,15-16H,6-9H2,1-3H3,(H,25,29)(H,26,28). The second-order valence-corrected chi connectivity index (χ2v) is 10.8. The van der Waals surface area contributed by atoms with Gasteiger partial charge in [-0.1, -0.05) is 17.7 Å². The van der Waals surface area contributed by atoms with Crippen molar-refractivity contribution >= 4 is 44.8 Å². The predicted octanol–water partition coefficient (Wildman–Crippen LogP) is 3.72. The molecule has 8 nitrogen and oxygen atoms in total. The van der Waals surface area contributed by atoms with Crippen LogP contribution in [-0.4, -0.2) is 43.7 Å². The zero-order valence-corrected chi connectivity index (χ0v) is 20.2. The van der Waals surface area contributed by atoms with E-state index in [1.165, 1.54) is 10.4 Å². The number of halogens is 1. The summed E-state index contributed by atoms with van der Waals surface area (Å²) in [6, 6.07) is 8.39. The van der Waals surface area contributed by atoms with Gasteiger partial charge in [0.25, 0.3) is 5.91 Å². The Morgan fingerprint density at radius 2 is 1.85 bits per heavy atom. The molecular weight excluding hydrogens is 466 g/mol. The molecule has 2 aromatic rings. The summed E-state index contributed by atoms with van der Waals surface area (Å²) in [5.74, 6) is -0.373. The molecule has 0 bridgehead atoms. The second-order valence-electron chi connectivity index (χ2n) is 8.49. The highest BCUT2D eigenvalue weighted by Gasteiger charge is 2.34. The first kappa shape index (κ1) is 23.5. The number of hydrogen-bond acceptors (Lipinski definition) is 5. The molecule has 0 saturated carbocycles. The summed E-state index contributed by atoms with van der Waals surface area (Å²) >= 11 is 6.03. The summed E-state index contributed by atoms with van der Waals surface area (Å²) < 4.78 is 33.7. The lowest BCUT2D eigenvalue weighted by atomic mass is 9.97. The van der Waals surface area contributed by atoms with Crippen molar-refractivity contribution in [3.8, 4) is 5.75 Å². The maximum Gasteiger partial charge on any atom is 0.265 e. The summed E-state index contributed by atoms with van der Waals surface area (Å²) in [5, 5.41) is 6.18. The SMILES string of the molecule is Cc1ccc(Cl)cc1NC(=O)C1CCN(S(=O)(=O)c2cc3c(cc2C)NC(=O)C(C)O3)CC1. The number of ether oxygens (including phenoxy) is 1. The minimum atomic E-state index is -3.79. The quantitative estimate of drug-likeness (QED) is 0.678. The molecular formula is C23H26ClN3O5S. The van der Waals surface area contributed by atoms with Gasteiger partial charge in [-0.05, 0) is 62.9 Å². The third-order valence-electron chi connectivity index (χ3n) is 6.11. The summed E-state index contributed by atoms with van der Waals surface area (Å²) in [7, 11) is -3.79. The van der Waals surface area contributed by atoms with Gasteiger partial charge in [0.15, 0.2) is 6.10 Å². The summed E-state index contributed by atoms with van der Waals surface area (Å²) in [4.78, 5) is 24.7. The number of anilines is 2. The smallest absolute Gasteiger partial charge is 0.265 e. The van der Waals surface area contributed by atoms with Crippen molar-refractivity contribution < 1.29 is 22.7 Å². The first-order chi connectivity index (χ1) is 15.6. The molecule has 1 atom stereocenters. The van der Waals surface area contributed by atoms with Crippen LogP contribution in [0.1, 0.15) is 30.9 Å². The van der Waals surface area contributed by atoms with Gasteiger partial charge < -0.3 is 15.4 Å². The third-order valence-corrected chi connectivity index (χ3v) is 8.38. The molecule has 176 valence electrons. The largest absolute Gasteiger partial charge is 0.479 e. The number of hydrogen-bond donors (Lipinski definition) is 2. The number of carbonyl (C=O) groups is 2. The Morgan fingerprint density at radius 1 is 1.15 bits per heavy atom. The molecule has 4 rings (SSSR count). The molecule has 0 radical (unpaired) electrons. The lowest BCUT2D eigenvalue weighted by Crippen LogP contribution is -2.41. The van der Waals surface area contributed by atoms with E-state index in [-0.39, 0.29) is 35.7 Å². The number of rotatable bonds is 4. The van der Waals surface area contributed by atoms with Gasteiger partial charge >= 0.3 is 0 Å². The van der Waals surface area contributed by atoms with Crippen molar-refractivity contribution in [3.63, 3.8) is 0 Å². The number of fused-ring (bicyclic) bond motifs is 1. The number of nitrogens with one attached hydrogen (secondary N) is 2. The van der Waals surface area contributed by atoms with E-state index in [1.807, 2.05) is 13.0 Å². The molecule has 2 aromatic carbocycles. The van der Waals surface area contributed by atoms with E-state index in [1.54, 1.807) is 32.0 Å². The van der Waals surface area contributed by atoms with Crippen LogP contribution in [0.5, 0.6) is 5.75 Å². The van der Waals surface area contributed by atoms with E-state index in [9.17, 15) is 18.0 Å². The van der Waals surface area contributed by atoms with Crippen molar-refractivity contribution in [1.82, 2.24) is 4.31 Å². The van der Waals surface area contributed by atoms with Crippen molar-refractivity contribution in [2.24, 2.45) is 5.92 Å². The van der Waals surface area contributed by atoms with E-state index < -0.39 is 16.1 Å². The van der Waals surface area contributed by atoms with E-state index in [2.05, 4.69) is 10.6 Å². The fourth-order valence-corrected chi connectivity index (χ4v) is 5.95. The van der Waals surface area contributed by atoms with Crippen LogP contribution in [0.15, 0.2) is 35.2 Å². The molecule has 0 aromatic heterocycles. The van der Waals surface area contributed by atoms with Crippen LogP contribution in [-0.2, 0) is 19.6 Å². The summed E-state index contributed by atoms with van der Waals surface area (Å²) in [6.07, 6.45) is 0.129. The van der Waals surface area contributed by atoms with Gasteiger partial charge in [-0.15, -0.1) is 0 Å². The van der Waals surface area contributed by atoms with Gasteiger partial charge in [-0.25, -0.2) is 8.42 Å². The molecule has 1 unspecified atom stereocenters. The van der Waals surface area contributed by atoms with E-state index in [0.29, 0.717) is 40.6 Å². The maximum absolute atomic E-state index is 13.4. The molecule has 2 aliphatic heterocycles. The van der Waals surface area contributed by atoms with Crippen molar-refractivity contribution in [3.05, 3.63) is 46.5 Å². The zero-order chi connectivity index (χ0) is 23.9. The highest BCUT2D eigenvalue weighted by molar-refractivity contribution is 7.89. The lowest BCUT2D eigenvalue weighted by molar-refractivity contribution is -0.123. The van der Waals surface area contributed by atoms with Gasteiger partial charge in [0.05, 0.1) is 10.6 Å². The number of benzene rings is 2. The van der Waals surface area contributed by atoms with Crippen LogP contribution in [0.25, 0.3) is 0 Å². The lowest BCUT2D eigenvalue weighted by Gasteiger charge is -2.31. The first-order valence-electron chi connectivity index (χ1n) is 10.8. The minimum Gasteiger partial charge on any atom is -0.479 e. The number of sulfonamides is 1. The Balaban J connectivity index is 1.46. The average Bonchev–Trinajstić information content (AvgIpc) is 2.77. The molecule has 33 heavy (non-hydrogen) atoms. The maximum atomic E-state index is 13.4. The van der Waals surface area contributed by atoms with Gasteiger partial charge in [-0.3, -0.25) is 9.59 Å². The fourth-order valence-electron chi connectivity index (χ4n) is 4.08. The average molecular weight is 492 g/mol. The normalized spacial score (nSPS) is 19.4. The van der Waals surface area contributed by atoms with Crippen LogP contribution in [0, 0.1) is 19.8 Å². The fraction of sp³-hybridized carbons (Fsp3) is 0.391. The molecule has 0 spiro atoms. The van der Waals surface area contributed by atoms with Gasteiger partial charge in [-0.2, -0.15) is 4.31 Å². The number of piperidine rings is 1. The Hall–Kier alpha value is -2.62. The molecule has 0 aliphatic carbocycles. The Bertz CT molecular complexity index is 1220. The Kier molecular flexibility index (Phi) is 6.39. The molecule has 2 aliphatic rings. The molecule has 2 N–H and O–H groups in total. The van der Waals surface area contributed by atoms with Gasteiger partial charge in [0.2, 0.25) is 15.9 Å². The number of aryl methyl sites for hydroxylation is 2. The van der Waals surface area contributed by atoms with Crippen LogP contribution in [0.3, 0.4) is 0 Å². The number of nitrogens with zero attached hydrogens (tertiary/aromatic N) is 1. The molecule has 1 fully saturated rings. The second kappa shape index (κ2) is 8.96. The topological polar surface area (TPSA) is 105 Å². The van der Waals surface area contributed by atoms with Crippen LogP contribution >= 0.6 is 11.6 Å². The monoisotopic (exact) mass is 491 g/mol. The van der Waals surface area contributed by atoms with Gasteiger partial charge in [0, 0.05) is 35.8 Å². The molecule has 2 heterocycles. The Labute approximate surface area is 198 Å². The number of amides is 2. The van der Waals surface area contributed by atoms with E-state index in [0.717, 1.165) is 5.56 Å². The van der Waals surface area contributed by atoms with Crippen LogP contribution in [0.4, 0.5) is 11.4 Å². The van der Waals surface area contributed by atoms with Crippen molar-refractivity contribution in [2.45, 2.75) is 44.6 Å². The predicted molar refractivity (Wildman–Crippen MR) is 126 cm³/mol. The third kappa shape index (κ3) is 4.71. The minimum absolute atomic E-state index is 0.138. The van der Waals surface area contributed by atoms with Crippen LogP contribution < -0.4 is 15.4 Å². The van der Waals surface area contributed by atoms with Crippen molar-refractivity contribution in [2.75, 3.05) is 23.7 Å². The highest BCUT2D eigenvalue weighted by atomic mass is 35.5. The summed E-state index contributed by atoms with van der Waals surface area (Å²) in [5.41, 5.74) is 2.54. The molecule has 2 amide bonds. The zero-order valence-electron chi connectivity index (χ0n) is 18.6.